The highest BCUT2D eigenvalue weighted by Crippen LogP contribution is 2.23. The molecule has 3 heteroatoms. The minimum absolute atomic E-state index is 0.269. The Kier molecular flexibility index (Phi) is 4.38. The molecule has 0 saturated carbocycles. The zero-order valence-corrected chi connectivity index (χ0v) is 10.7. The topological polar surface area (TPSA) is 23.5 Å². The third-order valence-corrected chi connectivity index (χ3v) is 4.48. The number of thiophene rings is 1. The van der Waals surface area contributed by atoms with Crippen molar-refractivity contribution >= 4 is 11.3 Å². The Hall–Kier alpha value is -0.380. The number of hydrogen-bond acceptors (Lipinski definition) is 3. The average molecular weight is 239 g/mol. The van der Waals surface area contributed by atoms with Crippen LogP contribution in [0.3, 0.4) is 0 Å². The van der Waals surface area contributed by atoms with Crippen molar-refractivity contribution in [3.8, 4) is 0 Å². The van der Waals surface area contributed by atoms with Crippen molar-refractivity contribution in [3.05, 3.63) is 22.4 Å². The second-order valence-corrected chi connectivity index (χ2v) is 5.68. The third kappa shape index (κ3) is 3.06. The fourth-order valence-electron chi connectivity index (χ4n) is 2.40. The van der Waals surface area contributed by atoms with E-state index >= 15 is 0 Å². The molecule has 2 atom stereocenters. The monoisotopic (exact) mass is 239 g/mol. The summed E-state index contributed by atoms with van der Waals surface area (Å²) in [5.74, 6) is 0. The molecule has 0 bridgehead atoms. The van der Waals surface area contributed by atoms with Crippen molar-refractivity contribution in [1.82, 2.24) is 4.90 Å². The molecule has 2 heterocycles. The molecule has 0 unspecified atom stereocenters. The first-order valence-electron chi connectivity index (χ1n) is 6.23. The van der Waals surface area contributed by atoms with E-state index in [1.165, 1.54) is 25.8 Å². The van der Waals surface area contributed by atoms with Gasteiger partial charge < -0.3 is 10.0 Å². The lowest BCUT2D eigenvalue weighted by Gasteiger charge is -2.33. The average Bonchev–Trinajstić information content (AvgIpc) is 2.81. The molecule has 1 aliphatic rings. The van der Waals surface area contributed by atoms with E-state index in [1.807, 2.05) is 17.5 Å². The summed E-state index contributed by atoms with van der Waals surface area (Å²) in [5.41, 5.74) is 0. The van der Waals surface area contributed by atoms with Crippen LogP contribution in [-0.4, -0.2) is 29.1 Å². The summed E-state index contributed by atoms with van der Waals surface area (Å²) in [4.78, 5) is 3.62. The molecule has 2 rings (SSSR count). The van der Waals surface area contributed by atoms with E-state index in [9.17, 15) is 5.11 Å². The first-order chi connectivity index (χ1) is 7.77. The van der Waals surface area contributed by atoms with Crippen LogP contribution < -0.4 is 0 Å². The van der Waals surface area contributed by atoms with Gasteiger partial charge in [-0.25, -0.2) is 0 Å². The van der Waals surface area contributed by atoms with Gasteiger partial charge in [-0.15, -0.1) is 11.3 Å². The van der Waals surface area contributed by atoms with E-state index in [0.29, 0.717) is 6.04 Å². The van der Waals surface area contributed by atoms with Crippen LogP contribution in [0.4, 0.5) is 0 Å². The number of aliphatic hydroxyl groups excluding tert-OH is 1. The number of hydrogen-bond donors (Lipinski definition) is 1. The molecule has 0 aromatic carbocycles. The first kappa shape index (κ1) is 12.1. The lowest BCUT2D eigenvalue weighted by atomic mass is 10.0. The Morgan fingerprint density at radius 3 is 3.12 bits per heavy atom. The van der Waals surface area contributed by atoms with Gasteiger partial charge in [-0.3, -0.25) is 0 Å². The van der Waals surface area contributed by atoms with Gasteiger partial charge in [-0.2, -0.15) is 0 Å². The van der Waals surface area contributed by atoms with Crippen LogP contribution in [0.1, 0.15) is 43.6 Å². The molecule has 0 radical (unpaired) electrons. The van der Waals surface area contributed by atoms with Crippen LogP contribution in [-0.2, 0) is 0 Å². The van der Waals surface area contributed by atoms with Crippen LogP contribution >= 0.6 is 11.3 Å². The maximum atomic E-state index is 10.0. The van der Waals surface area contributed by atoms with E-state index in [2.05, 4.69) is 11.8 Å². The molecule has 16 heavy (non-hydrogen) atoms. The zero-order valence-electron chi connectivity index (χ0n) is 9.93. The summed E-state index contributed by atoms with van der Waals surface area (Å²) in [6.07, 6.45) is 4.60. The quantitative estimate of drug-likeness (QED) is 0.873. The first-order valence-corrected chi connectivity index (χ1v) is 7.11. The minimum atomic E-state index is -0.269. The van der Waals surface area contributed by atoms with Crippen molar-refractivity contribution in [2.75, 3.05) is 13.1 Å². The van der Waals surface area contributed by atoms with Gasteiger partial charge in [0.1, 0.15) is 0 Å². The van der Waals surface area contributed by atoms with E-state index in [1.54, 1.807) is 11.3 Å². The summed E-state index contributed by atoms with van der Waals surface area (Å²) < 4.78 is 0. The molecule has 1 aromatic rings. The normalized spacial score (nSPS) is 24.5. The van der Waals surface area contributed by atoms with Gasteiger partial charge in [0, 0.05) is 17.5 Å². The van der Waals surface area contributed by atoms with Gasteiger partial charge in [0.2, 0.25) is 0 Å². The van der Waals surface area contributed by atoms with Crippen molar-refractivity contribution in [3.63, 3.8) is 0 Å². The summed E-state index contributed by atoms with van der Waals surface area (Å²) in [6, 6.07) is 4.73. The van der Waals surface area contributed by atoms with E-state index in [-0.39, 0.29) is 6.10 Å². The number of rotatable bonds is 4. The third-order valence-electron chi connectivity index (χ3n) is 3.50. The molecular formula is C13H21NOS. The van der Waals surface area contributed by atoms with Gasteiger partial charge in [-0.1, -0.05) is 12.5 Å². The molecule has 1 fully saturated rings. The van der Waals surface area contributed by atoms with Crippen LogP contribution in [0.5, 0.6) is 0 Å². The number of likely N-dealkylation sites (tertiary alicyclic amines) is 1. The molecule has 0 aliphatic carbocycles. The summed E-state index contributed by atoms with van der Waals surface area (Å²) >= 11 is 1.65. The van der Waals surface area contributed by atoms with Crippen LogP contribution in [0.2, 0.25) is 0 Å². The van der Waals surface area contributed by atoms with Gasteiger partial charge in [0.15, 0.2) is 0 Å². The number of aliphatic hydroxyl groups is 1. The smallest absolute Gasteiger partial charge is 0.0894 e. The maximum absolute atomic E-state index is 10.0. The highest BCUT2D eigenvalue weighted by molar-refractivity contribution is 7.10. The lowest BCUT2D eigenvalue weighted by Crippen LogP contribution is -2.38. The Morgan fingerprint density at radius 1 is 1.56 bits per heavy atom. The molecule has 90 valence electrons. The Bertz CT molecular complexity index is 299. The van der Waals surface area contributed by atoms with E-state index < -0.39 is 0 Å². The van der Waals surface area contributed by atoms with E-state index in [0.717, 1.165) is 17.8 Å². The molecule has 1 aromatic heterocycles. The predicted molar refractivity (Wildman–Crippen MR) is 68.8 cm³/mol. The summed E-state index contributed by atoms with van der Waals surface area (Å²) in [6.45, 7) is 4.54. The highest BCUT2D eigenvalue weighted by atomic mass is 32.1. The molecule has 0 amide bonds. The highest BCUT2D eigenvalue weighted by Gasteiger charge is 2.19. The Balaban J connectivity index is 1.78. The fraction of sp³-hybridized carbons (Fsp3) is 0.692. The second kappa shape index (κ2) is 5.80. The van der Waals surface area contributed by atoms with Crippen LogP contribution in [0.25, 0.3) is 0 Å². The Morgan fingerprint density at radius 2 is 2.44 bits per heavy atom. The van der Waals surface area contributed by atoms with Gasteiger partial charge in [-0.05, 0) is 44.2 Å². The Labute approximate surface area is 102 Å². The van der Waals surface area contributed by atoms with Gasteiger partial charge in [0.05, 0.1) is 6.10 Å². The van der Waals surface area contributed by atoms with Gasteiger partial charge >= 0.3 is 0 Å². The number of nitrogens with zero attached hydrogens (tertiary/aromatic N) is 1. The fourth-order valence-corrected chi connectivity index (χ4v) is 3.15. The van der Waals surface area contributed by atoms with Crippen LogP contribution in [0.15, 0.2) is 17.5 Å². The molecule has 1 saturated heterocycles. The maximum Gasteiger partial charge on any atom is 0.0894 e. The summed E-state index contributed by atoms with van der Waals surface area (Å²) in [7, 11) is 0. The van der Waals surface area contributed by atoms with Crippen molar-refractivity contribution in [2.45, 2.75) is 44.8 Å². The predicted octanol–water partition coefficient (Wildman–Crippen LogP) is 3.05. The molecular weight excluding hydrogens is 218 g/mol. The zero-order chi connectivity index (χ0) is 11.4. The molecule has 0 spiro atoms. The van der Waals surface area contributed by atoms with Crippen molar-refractivity contribution in [2.24, 2.45) is 0 Å². The lowest BCUT2D eigenvalue weighted by molar-refractivity contribution is 0.111. The van der Waals surface area contributed by atoms with E-state index in [4.69, 9.17) is 0 Å². The summed E-state index contributed by atoms with van der Waals surface area (Å²) in [5, 5.41) is 12.0. The van der Waals surface area contributed by atoms with Crippen LogP contribution in [0, 0.1) is 0 Å². The van der Waals surface area contributed by atoms with Gasteiger partial charge in [0.25, 0.3) is 0 Å². The SMILES string of the molecule is C[C@@H]1CCCCN1CC[C@@H](O)c1cccs1. The molecule has 1 N–H and O–H groups in total. The number of piperidine rings is 1. The van der Waals surface area contributed by atoms with Crippen molar-refractivity contribution < 1.29 is 5.11 Å². The molecule has 1 aliphatic heterocycles. The minimum Gasteiger partial charge on any atom is -0.388 e. The largest absolute Gasteiger partial charge is 0.388 e. The molecule has 2 nitrogen and oxygen atoms in total. The standard InChI is InChI=1S/C13H21NOS/c1-11-5-2-3-8-14(11)9-7-12(15)13-6-4-10-16-13/h4,6,10-12,15H,2-3,5,7-9H2,1H3/t11-,12-/m1/s1. The van der Waals surface area contributed by atoms with Crippen molar-refractivity contribution in [1.29, 1.82) is 0 Å². The second-order valence-electron chi connectivity index (χ2n) is 4.70.